The summed E-state index contributed by atoms with van der Waals surface area (Å²) in [6.07, 6.45) is 0.878. The maximum Gasteiger partial charge on any atom is 0.0871 e. The molecule has 0 aromatic heterocycles. The van der Waals surface area contributed by atoms with Gasteiger partial charge in [-0.15, -0.1) is 0 Å². The highest BCUT2D eigenvalue weighted by atomic mass is 35.5. The van der Waals surface area contributed by atoms with Gasteiger partial charge < -0.3 is 4.74 Å². The highest BCUT2D eigenvalue weighted by Gasteiger charge is 2.27. The Kier molecular flexibility index (Phi) is 5.81. The van der Waals surface area contributed by atoms with Crippen molar-refractivity contribution in [3.05, 3.63) is 34.3 Å². The molecule has 0 bridgehead atoms. The van der Waals surface area contributed by atoms with Gasteiger partial charge in [-0.05, 0) is 37.1 Å². The smallest absolute Gasteiger partial charge is 0.0871 e. The van der Waals surface area contributed by atoms with Crippen LogP contribution in [0.25, 0.3) is 0 Å². The first-order valence-corrected chi connectivity index (χ1v) is 7.57. The van der Waals surface area contributed by atoms with Crippen molar-refractivity contribution in [1.82, 2.24) is 10.3 Å². The lowest BCUT2D eigenvalue weighted by atomic mass is 9.99. The zero-order valence-corrected chi connectivity index (χ0v) is 13.0. The number of likely N-dealkylation sites (N-methyl/N-ethyl adjacent to an activating group) is 1. The van der Waals surface area contributed by atoms with E-state index in [1.165, 1.54) is 5.56 Å². The molecule has 1 aromatic rings. The Bertz CT molecular complexity index is 441. The Morgan fingerprint density at radius 2 is 2.35 bits per heavy atom. The number of hydrogen-bond donors (Lipinski definition) is 2. The Balaban J connectivity index is 2.04. The first-order valence-electron chi connectivity index (χ1n) is 7.19. The number of hydrogen-bond acceptors (Lipinski definition) is 4. The standard InChI is InChI=1S/C15H24ClN3O/c1-3-19-6-7-20-15(10-19)14(18-17)9-12-5-4-11(2)8-13(12)16/h4-5,8,14-15,18H,3,6-7,9-10,17H2,1-2H3. The molecule has 2 atom stereocenters. The molecule has 1 heterocycles. The SMILES string of the molecule is CCN1CCOC(C(Cc2ccc(C)cc2Cl)NN)C1. The summed E-state index contributed by atoms with van der Waals surface area (Å²) in [7, 11) is 0. The molecule has 1 fully saturated rings. The minimum atomic E-state index is 0.0737. The predicted molar refractivity (Wildman–Crippen MR) is 82.9 cm³/mol. The van der Waals surface area contributed by atoms with Crippen molar-refractivity contribution >= 4 is 11.6 Å². The van der Waals surface area contributed by atoms with E-state index in [0.717, 1.165) is 43.2 Å². The average molecular weight is 298 g/mol. The van der Waals surface area contributed by atoms with Gasteiger partial charge >= 0.3 is 0 Å². The third-order valence-corrected chi connectivity index (χ3v) is 4.29. The van der Waals surface area contributed by atoms with E-state index in [4.69, 9.17) is 22.2 Å². The first kappa shape index (κ1) is 15.7. The van der Waals surface area contributed by atoms with Crippen molar-refractivity contribution in [2.24, 2.45) is 5.84 Å². The van der Waals surface area contributed by atoms with Gasteiger partial charge in [-0.3, -0.25) is 16.2 Å². The lowest BCUT2D eigenvalue weighted by molar-refractivity contribution is -0.0447. The molecular weight excluding hydrogens is 274 g/mol. The molecule has 0 aliphatic carbocycles. The van der Waals surface area contributed by atoms with E-state index in [2.05, 4.69) is 29.4 Å². The van der Waals surface area contributed by atoms with Gasteiger partial charge in [0.25, 0.3) is 0 Å². The summed E-state index contributed by atoms with van der Waals surface area (Å²) in [5.74, 6) is 5.73. The van der Waals surface area contributed by atoms with Crippen LogP contribution in [0.15, 0.2) is 18.2 Å². The fourth-order valence-electron chi connectivity index (χ4n) is 2.61. The van der Waals surface area contributed by atoms with Crippen LogP contribution >= 0.6 is 11.6 Å². The van der Waals surface area contributed by atoms with Gasteiger partial charge in [-0.2, -0.15) is 0 Å². The van der Waals surface area contributed by atoms with Gasteiger partial charge in [0, 0.05) is 18.1 Å². The van der Waals surface area contributed by atoms with Crippen molar-refractivity contribution in [2.45, 2.75) is 32.4 Å². The van der Waals surface area contributed by atoms with Gasteiger partial charge in [0.1, 0.15) is 0 Å². The van der Waals surface area contributed by atoms with E-state index in [-0.39, 0.29) is 12.1 Å². The van der Waals surface area contributed by atoms with Crippen LogP contribution in [0.2, 0.25) is 5.02 Å². The molecular formula is C15H24ClN3O. The molecule has 2 unspecified atom stereocenters. The van der Waals surface area contributed by atoms with Gasteiger partial charge in [0.2, 0.25) is 0 Å². The van der Waals surface area contributed by atoms with E-state index in [0.29, 0.717) is 0 Å². The van der Waals surface area contributed by atoms with E-state index in [1.54, 1.807) is 0 Å². The second kappa shape index (κ2) is 7.38. The van der Waals surface area contributed by atoms with Crippen LogP contribution in [0.3, 0.4) is 0 Å². The van der Waals surface area contributed by atoms with Crippen LogP contribution in [-0.4, -0.2) is 43.3 Å². The highest BCUT2D eigenvalue weighted by Crippen LogP contribution is 2.21. The van der Waals surface area contributed by atoms with Crippen molar-refractivity contribution in [1.29, 1.82) is 0 Å². The molecule has 1 aromatic carbocycles. The van der Waals surface area contributed by atoms with Crippen molar-refractivity contribution in [2.75, 3.05) is 26.2 Å². The number of hydrazine groups is 1. The van der Waals surface area contributed by atoms with E-state index < -0.39 is 0 Å². The van der Waals surface area contributed by atoms with E-state index in [9.17, 15) is 0 Å². The Morgan fingerprint density at radius 3 is 3.00 bits per heavy atom. The molecule has 112 valence electrons. The quantitative estimate of drug-likeness (QED) is 0.642. The predicted octanol–water partition coefficient (Wildman–Crippen LogP) is 1.74. The topological polar surface area (TPSA) is 50.5 Å². The molecule has 0 spiro atoms. The highest BCUT2D eigenvalue weighted by molar-refractivity contribution is 6.31. The molecule has 0 radical (unpaired) electrons. The number of rotatable bonds is 5. The molecule has 1 aliphatic rings. The van der Waals surface area contributed by atoms with Gasteiger partial charge in [0.15, 0.2) is 0 Å². The first-order chi connectivity index (χ1) is 9.63. The van der Waals surface area contributed by atoms with Gasteiger partial charge in [0.05, 0.1) is 18.8 Å². The fraction of sp³-hybridized carbons (Fsp3) is 0.600. The molecule has 3 N–H and O–H groups in total. The molecule has 0 saturated carbocycles. The molecule has 20 heavy (non-hydrogen) atoms. The summed E-state index contributed by atoms with van der Waals surface area (Å²) >= 11 is 6.31. The van der Waals surface area contributed by atoms with Crippen LogP contribution in [0.1, 0.15) is 18.1 Å². The van der Waals surface area contributed by atoms with Crippen LogP contribution in [0.4, 0.5) is 0 Å². The van der Waals surface area contributed by atoms with E-state index >= 15 is 0 Å². The second-order valence-corrected chi connectivity index (χ2v) is 5.78. The Labute approximate surface area is 126 Å². The number of aryl methyl sites for hydroxylation is 1. The molecule has 2 rings (SSSR count). The Hall–Kier alpha value is -0.650. The monoisotopic (exact) mass is 297 g/mol. The summed E-state index contributed by atoms with van der Waals surface area (Å²) in [4.78, 5) is 2.38. The van der Waals surface area contributed by atoms with Gasteiger partial charge in [-0.1, -0.05) is 30.7 Å². The molecule has 4 nitrogen and oxygen atoms in total. The summed E-state index contributed by atoms with van der Waals surface area (Å²) in [6.45, 7) is 7.92. The number of halogens is 1. The second-order valence-electron chi connectivity index (χ2n) is 5.37. The van der Waals surface area contributed by atoms with Crippen LogP contribution in [-0.2, 0) is 11.2 Å². The minimum Gasteiger partial charge on any atom is -0.374 e. The zero-order chi connectivity index (χ0) is 14.5. The number of nitrogens with one attached hydrogen (secondary N) is 1. The Morgan fingerprint density at radius 1 is 1.55 bits per heavy atom. The zero-order valence-electron chi connectivity index (χ0n) is 12.2. The minimum absolute atomic E-state index is 0.0737. The maximum absolute atomic E-state index is 6.31. The number of morpholine rings is 1. The van der Waals surface area contributed by atoms with E-state index in [1.807, 2.05) is 13.0 Å². The van der Waals surface area contributed by atoms with Gasteiger partial charge in [-0.25, -0.2) is 0 Å². The number of benzene rings is 1. The largest absolute Gasteiger partial charge is 0.374 e. The summed E-state index contributed by atoms with van der Waals surface area (Å²) in [5.41, 5.74) is 5.17. The van der Waals surface area contributed by atoms with Crippen molar-refractivity contribution in [3.8, 4) is 0 Å². The van der Waals surface area contributed by atoms with Crippen molar-refractivity contribution in [3.63, 3.8) is 0 Å². The molecule has 0 amide bonds. The fourth-order valence-corrected chi connectivity index (χ4v) is 2.93. The summed E-state index contributed by atoms with van der Waals surface area (Å²) in [6, 6.07) is 6.21. The lowest BCUT2D eigenvalue weighted by Crippen LogP contribution is -2.54. The number of nitrogens with zero attached hydrogens (tertiary/aromatic N) is 1. The number of nitrogens with two attached hydrogens (primary N) is 1. The average Bonchev–Trinajstić information content (AvgIpc) is 2.46. The van der Waals surface area contributed by atoms with Crippen molar-refractivity contribution < 1.29 is 4.74 Å². The summed E-state index contributed by atoms with van der Waals surface area (Å²) < 4.78 is 5.87. The van der Waals surface area contributed by atoms with Crippen LogP contribution in [0.5, 0.6) is 0 Å². The normalized spacial score (nSPS) is 21.9. The maximum atomic E-state index is 6.31. The molecule has 1 saturated heterocycles. The lowest BCUT2D eigenvalue weighted by Gasteiger charge is -2.36. The third kappa shape index (κ3) is 3.93. The molecule has 5 heteroatoms. The third-order valence-electron chi connectivity index (χ3n) is 3.94. The number of ether oxygens (including phenoxy) is 1. The van der Waals surface area contributed by atoms with Crippen LogP contribution in [0, 0.1) is 6.92 Å². The summed E-state index contributed by atoms with van der Waals surface area (Å²) in [5, 5.41) is 0.799. The molecule has 1 aliphatic heterocycles. The van der Waals surface area contributed by atoms with Crippen LogP contribution < -0.4 is 11.3 Å².